The third kappa shape index (κ3) is 4.97. The molecule has 4 atom stereocenters. The number of benzene rings is 4. The molecule has 1 saturated heterocycles. The van der Waals surface area contributed by atoms with Crippen LogP contribution >= 0.6 is 0 Å². The van der Waals surface area contributed by atoms with Gasteiger partial charge in [0.25, 0.3) is 5.72 Å². The van der Waals surface area contributed by atoms with E-state index in [4.69, 9.17) is 15.2 Å². The van der Waals surface area contributed by atoms with Crippen LogP contribution in [0, 0.1) is 5.92 Å². The lowest BCUT2D eigenvalue weighted by molar-refractivity contribution is -0.142. The minimum Gasteiger partial charge on any atom is -0.440 e. The number of ketones is 3. The summed E-state index contributed by atoms with van der Waals surface area (Å²) in [5, 5.41) is 11.0. The Balaban J connectivity index is 1.65. The standard InChI is InChI=1S/C38H29N5O7/c39-34-30-35(41-22-40-34)43(23-42-30)38(33(47)26-17-9-3-10-18-26)37(32(46)25-15-7-2-8-16-25,50-36(48)27-19-11-4-12-20-27)29(28(21-44)49-38)31(45)24-13-5-1-6-14-24/h1-20,22-23,28-29,44H,21H2,(H2,39,40,41)/t28-,29+,37+,38-/m1/s1. The summed E-state index contributed by atoms with van der Waals surface area (Å²) in [4.78, 5) is 73.1. The second kappa shape index (κ2) is 12.9. The zero-order chi connectivity index (χ0) is 34.9. The van der Waals surface area contributed by atoms with E-state index < -0.39 is 53.3 Å². The maximum atomic E-state index is 15.6. The van der Waals surface area contributed by atoms with E-state index in [1.807, 2.05) is 0 Å². The van der Waals surface area contributed by atoms with Crippen LogP contribution < -0.4 is 5.73 Å². The molecule has 0 aliphatic carbocycles. The van der Waals surface area contributed by atoms with Gasteiger partial charge in [0.1, 0.15) is 24.1 Å². The lowest BCUT2D eigenvalue weighted by atomic mass is 9.68. The van der Waals surface area contributed by atoms with Crippen molar-refractivity contribution in [3.05, 3.63) is 156 Å². The summed E-state index contributed by atoms with van der Waals surface area (Å²) in [5.41, 5.74) is 0.731. The minimum absolute atomic E-state index is 0.00906. The molecule has 4 aromatic carbocycles. The van der Waals surface area contributed by atoms with Crippen molar-refractivity contribution < 1.29 is 33.8 Å². The van der Waals surface area contributed by atoms with Gasteiger partial charge >= 0.3 is 5.97 Å². The van der Waals surface area contributed by atoms with Crippen molar-refractivity contribution in [1.82, 2.24) is 19.5 Å². The first kappa shape index (κ1) is 32.2. The molecule has 0 saturated carbocycles. The molecule has 50 heavy (non-hydrogen) atoms. The molecule has 0 spiro atoms. The monoisotopic (exact) mass is 667 g/mol. The molecule has 1 fully saturated rings. The Morgan fingerprint density at radius 3 is 1.80 bits per heavy atom. The highest BCUT2D eigenvalue weighted by atomic mass is 16.6. The molecule has 1 aliphatic rings. The van der Waals surface area contributed by atoms with E-state index in [9.17, 15) is 14.7 Å². The average Bonchev–Trinajstić information content (AvgIpc) is 3.74. The number of aliphatic hydroxyl groups excluding tert-OH is 1. The summed E-state index contributed by atoms with van der Waals surface area (Å²) in [6.45, 7) is -0.858. The topological polar surface area (TPSA) is 177 Å². The minimum atomic E-state index is -2.85. The van der Waals surface area contributed by atoms with Crippen molar-refractivity contribution in [3.8, 4) is 0 Å². The first-order chi connectivity index (χ1) is 24.3. The van der Waals surface area contributed by atoms with Gasteiger partial charge < -0.3 is 20.3 Å². The molecule has 3 N–H and O–H groups in total. The van der Waals surface area contributed by atoms with Crippen LogP contribution in [0.3, 0.4) is 0 Å². The Kier molecular flexibility index (Phi) is 8.32. The Labute approximate surface area is 285 Å². The molecule has 0 bridgehead atoms. The Morgan fingerprint density at radius 1 is 0.720 bits per heavy atom. The second-order valence-corrected chi connectivity index (χ2v) is 11.6. The molecule has 3 heterocycles. The van der Waals surface area contributed by atoms with Crippen molar-refractivity contribution in [2.75, 3.05) is 12.3 Å². The van der Waals surface area contributed by atoms with Gasteiger partial charge in [0, 0.05) is 16.7 Å². The van der Waals surface area contributed by atoms with E-state index >= 15 is 9.59 Å². The smallest absolute Gasteiger partial charge is 0.339 e. The maximum Gasteiger partial charge on any atom is 0.339 e. The van der Waals surface area contributed by atoms with E-state index in [-0.39, 0.29) is 39.2 Å². The summed E-state index contributed by atoms with van der Waals surface area (Å²) in [6.07, 6.45) is 0.727. The zero-order valence-electron chi connectivity index (χ0n) is 26.3. The van der Waals surface area contributed by atoms with E-state index in [1.54, 1.807) is 72.8 Å². The highest BCUT2D eigenvalue weighted by Crippen LogP contribution is 2.55. The summed E-state index contributed by atoms with van der Waals surface area (Å²) in [5.74, 6) is -5.43. The number of nitrogen functional groups attached to an aromatic ring is 1. The lowest BCUT2D eigenvalue weighted by Gasteiger charge is -2.43. The Hall–Kier alpha value is -6.37. The van der Waals surface area contributed by atoms with E-state index in [0.717, 1.165) is 10.9 Å². The number of aliphatic hydroxyl groups is 1. The molecule has 12 heteroatoms. The number of hydrogen-bond donors (Lipinski definition) is 2. The molecule has 0 radical (unpaired) electrons. The largest absolute Gasteiger partial charge is 0.440 e. The number of aromatic nitrogens is 4. The molecule has 7 rings (SSSR count). The van der Waals surface area contributed by atoms with Crippen molar-refractivity contribution in [3.63, 3.8) is 0 Å². The van der Waals surface area contributed by atoms with Crippen LogP contribution in [0.5, 0.6) is 0 Å². The molecule has 0 amide bonds. The first-order valence-corrected chi connectivity index (χ1v) is 15.6. The van der Waals surface area contributed by atoms with Gasteiger partial charge in [-0.2, -0.15) is 0 Å². The van der Waals surface area contributed by atoms with Crippen molar-refractivity contribution in [1.29, 1.82) is 0 Å². The van der Waals surface area contributed by atoms with Gasteiger partial charge in [-0.15, -0.1) is 0 Å². The number of rotatable bonds is 10. The van der Waals surface area contributed by atoms with Gasteiger partial charge in [-0.05, 0) is 12.1 Å². The summed E-state index contributed by atoms with van der Waals surface area (Å²) < 4.78 is 14.3. The summed E-state index contributed by atoms with van der Waals surface area (Å²) in [6, 6.07) is 31.5. The predicted molar refractivity (Wildman–Crippen MR) is 180 cm³/mol. The van der Waals surface area contributed by atoms with Gasteiger partial charge in [-0.3, -0.25) is 19.0 Å². The fourth-order valence-electron chi connectivity index (χ4n) is 6.62. The number of nitrogens with two attached hydrogens (primary N) is 1. The van der Waals surface area contributed by atoms with Crippen molar-refractivity contribution in [2.24, 2.45) is 5.92 Å². The number of nitrogens with zero attached hydrogens (tertiary/aromatic N) is 4. The molecule has 248 valence electrons. The number of carbonyl (C=O) groups is 4. The number of fused-ring (bicyclic) bond motifs is 1. The third-order valence-electron chi connectivity index (χ3n) is 8.84. The van der Waals surface area contributed by atoms with E-state index in [0.29, 0.717) is 0 Å². The molecule has 0 unspecified atom stereocenters. The number of esters is 1. The summed E-state index contributed by atoms with van der Waals surface area (Å²) in [7, 11) is 0. The lowest BCUT2D eigenvalue weighted by Crippen LogP contribution is -2.67. The number of Topliss-reactive ketones (excluding diaryl/α,β-unsaturated/α-hetero) is 3. The zero-order valence-corrected chi connectivity index (χ0v) is 26.3. The maximum absolute atomic E-state index is 15.6. The fraction of sp³-hybridized carbons (Fsp3) is 0.132. The molecule has 1 aliphatic heterocycles. The van der Waals surface area contributed by atoms with E-state index in [1.165, 1.54) is 54.9 Å². The predicted octanol–water partition coefficient (Wildman–Crippen LogP) is 4.31. The quantitative estimate of drug-likeness (QED) is 0.157. The number of ether oxygens (including phenoxy) is 2. The average molecular weight is 668 g/mol. The molecule has 2 aromatic heterocycles. The van der Waals surface area contributed by atoms with Gasteiger partial charge in [-0.25, -0.2) is 19.7 Å². The molecular weight excluding hydrogens is 638 g/mol. The fourth-order valence-corrected chi connectivity index (χ4v) is 6.62. The van der Waals surface area contributed by atoms with Crippen molar-refractivity contribution in [2.45, 2.75) is 17.4 Å². The Morgan fingerprint density at radius 2 is 1.24 bits per heavy atom. The SMILES string of the molecule is Nc1ncnc2c1ncn2[C@]1(C(=O)c2ccccc2)O[C@H](CO)[C@@H](C(=O)c2ccccc2)[C@]1(OC(=O)c1ccccc1)C(=O)c1ccccc1. The highest BCUT2D eigenvalue weighted by Gasteiger charge is 2.78. The normalized spacial score (nSPS) is 21.5. The number of carbonyl (C=O) groups excluding carboxylic acids is 4. The van der Waals surface area contributed by atoms with Gasteiger partial charge in [0.15, 0.2) is 17.2 Å². The van der Waals surface area contributed by atoms with Crippen LogP contribution in [-0.4, -0.2) is 66.3 Å². The number of hydrogen-bond acceptors (Lipinski definition) is 11. The molecular formula is C38H29N5O7. The van der Waals surface area contributed by atoms with Crippen LogP contribution in [0.1, 0.15) is 41.4 Å². The Bertz CT molecular complexity index is 2210. The summed E-state index contributed by atoms with van der Waals surface area (Å²) >= 11 is 0. The van der Waals surface area contributed by atoms with Gasteiger partial charge in [0.05, 0.1) is 18.3 Å². The highest BCUT2D eigenvalue weighted by molar-refractivity contribution is 6.17. The van der Waals surface area contributed by atoms with Crippen LogP contribution in [0.2, 0.25) is 0 Å². The molecule has 12 nitrogen and oxygen atoms in total. The number of imidazole rings is 1. The third-order valence-corrected chi connectivity index (χ3v) is 8.84. The molecule has 6 aromatic rings. The van der Waals surface area contributed by atoms with Crippen LogP contribution in [-0.2, 0) is 15.2 Å². The van der Waals surface area contributed by atoms with Gasteiger partial charge in [-0.1, -0.05) is 109 Å². The van der Waals surface area contributed by atoms with Crippen LogP contribution in [0.4, 0.5) is 5.82 Å². The van der Waals surface area contributed by atoms with Crippen LogP contribution in [0.25, 0.3) is 11.2 Å². The van der Waals surface area contributed by atoms with E-state index in [2.05, 4.69) is 15.0 Å². The van der Waals surface area contributed by atoms with Gasteiger partial charge in [0.2, 0.25) is 17.2 Å². The van der Waals surface area contributed by atoms with Crippen molar-refractivity contribution >= 4 is 40.3 Å². The first-order valence-electron chi connectivity index (χ1n) is 15.6. The second-order valence-electron chi connectivity index (χ2n) is 11.6. The number of anilines is 1. The van der Waals surface area contributed by atoms with Crippen LogP contribution in [0.15, 0.2) is 134 Å².